The first-order chi connectivity index (χ1) is 7.13. The lowest BCUT2D eigenvalue weighted by atomic mass is 10.2. The zero-order chi connectivity index (χ0) is 11.0. The first kappa shape index (κ1) is 10.3. The van der Waals surface area contributed by atoms with E-state index in [9.17, 15) is 4.79 Å². The van der Waals surface area contributed by atoms with Crippen LogP contribution >= 0.6 is 23.2 Å². The fraction of sp³-hybridized carbons (Fsp3) is 0.250. The molecule has 5 nitrogen and oxygen atoms in total. The summed E-state index contributed by atoms with van der Waals surface area (Å²) >= 11 is 11.4. The average Bonchev–Trinajstić information content (AvgIpc) is 2.60. The first-order valence-corrected chi connectivity index (χ1v) is 4.74. The fourth-order valence-electron chi connectivity index (χ4n) is 1.29. The maximum Gasteiger partial charge on any atom is 0.336 e. The summed E-state index contributed by atoms with van der Waals surface area (Å²) in [5.41, 5.74) is 0.689. The molecule has 2 rings (SSSR count). The molecule has 15 heavy (non-hydrogen) atoms. The van der Waals surface area contributed by atoms with Crippen LogP contribution in [0, 0.1) is 0 Å². The number of ether oxygens (including phenoxy) is 1. The van der Waals surface area contributed by atoms with Crippen LogP contribution in [0.15, 0.2) is 4.99 Å². The molecule has 0 amide bonds. The molecule has 0 spiro atoms. The van der Waals surface area contributed by atoms with Crippen molar-refractivity contribution in [3.8, 4) is 0 Å². The maximum atomic E-state index is 11.3. The van der Waals surface area contributed by atoms with E-state index >= 15 is 0 Å². The molecule has 78 valence electrons. The highest BCUT2D eigenvalue weighted by Gasteiger charge is 2.19. The third kappa shape index (κ3) is 1.68. The molecule has 0 aliphatic carbocycles. The average molecular weight is 246 g/mol. The zero-order valence-electron chi connectivity index (χ0n) is 7.62. The molecule has 0 N–H and O–H groups in total. The minimum atomic E-state index is -0.481. The normalized spacial score (nSPS) is 13.4. The highest BCUT2D eigenvalue weighted by Crippen LogP contribution is 2.06. The van der Waals surface area contributed by atoms with Crippen molar-refractivity contribution in [1.82, 2.24) is 9.97 Å². The van der Waals surface area contributed by atoms with Crippen LogP contribution in [0.4, 0.5) is 0 Å². The first-order valence-electron chi connectivity index (χ1n) is 3.98. The number of esters is 1. The molecule has 0 saturated heterocycles. The van der Waals surface area contributed by atoms with E-state index in [2.05, 4.69) is 19.7 Å². The van der Waals surface area contributed by atoms with Gasteiger partial charge in [-0.1, -0.05) is 11.6 Å². The van der Waals surface area contributed by atoms with Gasteiger partial charge in [-0.2, -0.15) is 4.98 Å². The van der Waals surface area contributed by atoms with Gasteiger partial charge < -0.3 is 4.74 Å². The Morgan fingerprint density at radius 2 is 2.13 bits per heavy atom. The van der Waals surface area contributed by atoms with E-state index in [-0.39, 0.29) is 17.0 Å². The molecular weight excluding hydrogens is 241 g/mol. The van der Waals surface area contributed by atoms with Crippen molar-refractivity contribution in [2.24, 2.45) is 4.99 Å². The topological polar surface area (TPSA) is 64.4 Å². The van der Waals surface area contributed by atoms with Crippen molar-refractivity contribution >= 4 is 34.7 Å². The van der Waals surface area contributed by atoms with Crippen molar-refractivity contribution < 1.29 is 9.53 Å². The van der Waals surface area contributed by atoms with E-state index in [0.717, 1.165) is 0 Å². The molecule has 7 heteroatoms. The predicted molar refractivity (Wildman–Crippen MR) is 53.1 cm³/mol. The Kier molecular flexibility index (Phi) is 2.58. The summed E-state index contributed by atoms with van der Waals surface area (Å²) in [5, 5.41) is 0.535. The summed E-state index contributed by atoms with van der Waals surface area (Å²) in [5.74, 6) is -0.481. The van der Waals surface area contributed by atoms with Crippen molar-refractivity contribution in [3.05, 3.63) is 21.1 Å². The second-order valence-corrected chi connectivity index (χ2v) is 3.46. The number of nitrogens with zero attached hydrogens (tertiary/aromatic N) is 3. The highest BCUT2D eigenvalue weighted by atomic mass is 35.5. The number of aromatic nitrogens is 2. The minimum Gasteiger partial charge on any atom is -0.466 e. The molecule has 0 aromatic carbocycles. The maximum absolute atomic E-state index is 11.3. The van der Waals surface area contributed by atoms with Crippen LogP contribution in [-0.2, 0) is 9.53 Å². The summed E-state index contributed by atoms with van der Waals surface area (Å²) in [4.78, 5) is 23.0. The van der Waals surface area contributed by atoms with Gasteiger partial charge in [0.15, 0.2) is 5.49 Å². The Morgan fingerprint density at radius 3 is 2.80 bits per heavy atom. The molecule has 0 saturated carbocycles. The van der Waals surface area contributed by atoms with Crippen molar-refractivity contribution in [1.29, 1.82) is 0 Å². The number of halogens is 2. The molecule has 0 fully saturated rings. The van der Waals surface area contributed by atoms with Gasteiger partial charge in [-0.05, 0) is 11.6 Å². The van der Waals surface area contributed by atoms with Gasteiger partial charge in [-0.3, -0.25) is 4.99 Å². The standard InChI is InChI=1S/C8H5Cl2N3O2/c1-15-7(14)3-2-11-6-4(3)5(9)12-8(10)13-6/h2H2,1H3. The summed E-state index contributed by atoms with van der Waals surface area (Å²) in [6.45, 7) is 0.191. The van der Waals surface area contributed by atoms with E-state index in [1.165, 1.54) is 7.11 Å². The number of rotatable bonds is 1. The Bertz CT molecular complexity index is 556. The summed E-state index contributed by atoms with van der Waals surface area (Å²) in [7, 11) is 1.29. The SMILES string of the molecule is COC(=O)C1=c2c(Cl)nc(Cl)nc2=NC1. The van der Waals surface area contributed by atoms with Crippen LogP contribution in [-0.4, -0.2) is 29.6 Å². The van der Waals surface area contributed by atoms with Crippen molar-refractivity contribution in [2.75, 3.05) is 13.7 Å². The van der Waals surface area contributed by atoms with E-state index in [1.54, 1.807) is 0 Å². The number of hydrogen-bond acceptors (Lipinski definition) is 5. The molecule has 1 aliphatic heterocycles. The van der Waals surface area contributed by atoms with Gasteiger partial charge in [0, 0.05) is 0 Å². The van der Waals surface area contributed by atoms with E-state index in [1.807, 2.05) is 0 Å². The van der Waals surface area contributed by atoms with Gasteiger partial charge in [0.2, 0.25) is 5.28 Å². The summed E-state index contributed by atoms with van der Waals surface area (Å²) in [6, 6.07) is 0. The molecule has 1 aromatic rings. The Labute approximate surface area is 94.4 Å². The Hall–Kier alpha value is -1.20. The van der Waals surface area contributed by atoms with Crippen LogP contribution in [0.1, 0.15) is 0 Å². The number of carbonyl (C=O) groups excluding carboxylic acids is 1. The van der Waals surface area contributed by atoms with Crippen LogP contribution in [0.25, 0.3) is 5.57 Å². The Morgan fingerprint density at radius 1 is 1.40 bits per heavy atom. The lowest BCUT2D eigenvalue weighted by molar-refractivity contribution is -0.133. The van der Waals surface area contributed by atoms with Gasteiger partial charge in [-0.25, -0.2) is 9.78 Å². The van der Waals surface area contributed by atoms with Gasteiger partial charge in [0.1, 0.15) is 5.15 Å². The predicted octanol–water partition coefficient (Wildman–Crippen LogP) is -0.260. The number of hydrogen-bond donors (Lipinski definition) is 0. The molecule has 0 radical (unpaired) electrons. The smallest absolute Gasteiger partial charge is 0.336 e. The molecule has 1 aliphatic rings. The highest BCUT2D eigenvalue weighted by molar-refractivity contribution is 6.32. The third-order valence-electron chi connectivity index (χ3n) is 1.94. The van der Waals surface area contributed by atoms with Gasteiger partial charge >= 0.3 is 5.97 Å². The van der Waals surface area contributed by atoms with E-state index < -0.39 is 5.97 Å². The summed E-state index contributed by atoms with van der Waals surface area (Å²) in [6.07, 6.45) is 0. The van der Waals surface area contributed by atoms with Crippen LogP contribution < -0.4 is 10.7 Å². The van der Waals surface area contributed by atoms with Crippen molar-refractivity contribution in [3.63, 3.8) is 0 Å². The van der Waals surface area contributed by atoms with E-state index in [0.29, 0.717) is 16.3 Å². The van der Waals surface area contributed by atoms with Gasteiger partial charge in [0.25, 0.3) is 0 Å². The second-order valence-electron chi connectivity index (χ2n) is 2.77. The monoisotopic (exact) mass is 245 g/mol. The molecule has 1 aromatic heterocycles. The molecular formula is C8H5Cl2N3O2. The Balaban J connectivity index is 2.78. The van der Waals surface area contributed by atoms with Gasteiger partial charge in [0.05, 0.1) is 24.4 Å². The number of fused-ring (bicyclic) bond motifs is 1. The number of carbonyl (C=O) groups is 1. The number of methoxy groups -OCH3 is 1. The van der Waals surface area contributed by atoms with Crippen LogP contribution in [0.5, 0.6) is 0 Å². The zero-order valence-corrected chi connectivity index (χ0v) is 9.13. The second kappa shape index (κ2) is 3.75. The summed E-state index contributed by atoms with van der Waals surface area (Å²) < 4.78 is 4.59. The van der Waals surface area contributed by atoms with Crippen molar-refractivity contribution in [2.45, 2.75) is 0 Å². The van der Waals surface area contributed by atoms with Gasteiger partial charge in [-0.15, -0.1) is 0 Å². The minimum absolute atomic E-state index is 0.00798. The quantitative estimate of drug-likeness (QED) is 0.389. The fourth-order valence-corrected chi connectivity index (χ4v) is 1.78. The third-order valence-corrected chi connectivity index (χ3v) is 2.38. The molecule has 0 bridgehead atoms. The largest absolute Gasteiger partial charge is 0.466 e. The molecule has 0 atom stereocenters. The van der Waals surface area contributed by atoms with E-state index in [4.69, 9.17) is 23.2 Å². The van der Waals surface area contributed by atoms with Crippen LogP contribution in [0.3, 0.4) is 0 Å². The lowest BCUT2D eigenvalue weighted by Crippen LogP contribution is -2.31. The lowest BCUT2D eigenvalue weighted by Gasteiger charge is -1.97. The molecule has 0 unspecified atom stereocenters. The van der Waals surface area contributed by atoms with Crippen LogP contribution in [0.2, 0.25) is 10.4 Å². The molecule has 2 heterocycles.